The molecule has 1 aliphatic carbocycles. The molecule has 1 aromatic heterocycles. The minimum Gasteiger partial charge on any atom is -0.424 e. The number of nitrogens with one attached hydrogen (secondary N) is 1. The summed E-state index contributed by atoms with van der Waals surface area (Å²) in [4.78, 5) is 0. The van der Waals surface area contributed by atoms with Gasteiger partial charge < -0.3 is 14.5 Å². The van der Waals surface area contributed by atoms with Crippen LogP contribution in [0.3, 0.4) is 0 Å². The van der Waals surface area contributed by atoms with Crippen LogP contribution in [0, 0.1) is 6.92 Å². The van der Waals surface area contributed by atoms with Crippen molar-refractivity contribution in [2.45, 2.75) is 38.3 Å². The lowest BCUT2D eigenvalue weighted by Crippen LogP contribution is -2.47. The third-order valence-electron chi connectivity index (χ3n) is 2.99. The van der Waals surface area contributed by atoms with E-state index >= 15 is 0 Å². The van der Waals surface area contributed by atoms with Crippen molar-refractivity contribution in [2.24, 2.45) is 0 Å². The molecule has 2 rings (SSSR count). The molecule has 0 radical (unpaired) electrons. The number of methoxy groups -OCH3 is 1. The van der Waals surface area contributed by atoms with Gasteiger partial charge in [0.1, 0.15) is 0 Å². The Morgan fingerprint density at radius 2 is 2.27 bits per heavy atom. The van der Waals surface area contributed by atoms with E-state index in [0.717, 1.165) is 19.4 Å². The van der Waals surface area contributed by atoms with E-state index in [-0.39, 0.29) is 5.60 Å². The number of ether oxygens (including phenoxy) is 1. The van der Waals surface area contributed by atoms with Gasteiger partial charge in [-0.15, -0.1) is 10.2 Å². The van der Waals surface area contributed by atoms with Gasteiger partial charge in [-0.1, -0.05) is 0 Å². The largest absolute Gasteiger partial charge is 0.424 e. The normalized spacial score (nSPS) is 18.8. The minimum atomic E-state index is 0.0507. The third kappa shape index (κ3) is 2.35. The van der Waals surface area contributed by atoms with Crippen molar-refractivity contribution < 1.29 is 9.15 Å². The monoisotopic (exact) mass is 211 g/mol. The minimum absolute atomic E-state index is 0.0507. The zero-order valence-corrected chi connectivity index (χ0v) is 9.25. The Morgan fingerprint density at radius 1 is 1.47 bits per heavy atom. The first-order valence-corrected chi connectivity index (χ1v) is 5.29. The van der Waals surface area contributed by atoms with Crippen molar-refractivity contribution in [2.75, 3.05) is 13.7 Å². The van der Waals surface area contributed by atoms with Gasteiger partial charge in [0.2, 0.25) is 11.8 Å². The SMILES string of the molecule is COC1(CNCc2nnc(C)o2)CCC1. The van der Waals surface area contributed by atoms with Gasteiger partial charge in [0, 0.05) is 20.6 Å². The average molecular weight is 211 g/mol. The Bertz CT molecular complexity index is 315. The zero-order chi connectivity index (χ0) is 10.7. The number of aromatic nitrogens is 2. The summed E-state index contributed by atoms with van der Waals surface area (Å²) < 4.78 is 10.7. The molecule has 0 aromatic carbocycles. The lowest BCUT2D eigenvalue weighted by molar-refractivity contribution is -0.0697. The van der Waals surface area contributed by atoms with Crippen molar-refractivity contribution >= 4 is 0 Å². The second-order valence-corrected chi connectivity index (χ2v) is 4.06. The first-order valence-electron chi connectivity index (χ1n) is 5.29. The van der Waals surface area contributed by atoms with Crippen molar-refractivity contribution in [3.05, 3.63) is 11.8 Å². The summed E-state index contributed by atoms with van der Waals surface area (Å²) in [7, 11) is 1.78. The van der Waals surface area contributed by atoms with Crippen LogP contribution in [0.5, 0.6) is 0 Å². The summed E-state index contributed by atoms with van der Waals surface area (Å²) in [5.41, 5.74) is 0.0507. The maximum atomic E-state index is 5.49. The Hall–Kier alpha value is -0.940. The van der Waals surface area contributed by atoms with Gasteiger partial charge >= 0.3 is 0 Å². The summed E-state index contributed by atoms with van der Waals surface area (Å²) in [6.07, 6.45) is 3.54. The molecule has 0 unspecified atom stereocenters. The van der Waals surface area contributed by atoms with Crippen molar-refractivity contribution in [1.29, 1.82) is 0 Å². The molecule has 1 saturated carbocycles. The number of rotatable bonds is 5. The Balaban J connectivity index is 1.74. The highest BCUT2D eigenvalue weighted by Crippen LogP contribution is 2.34. The Morgan fingerprint density at radius 3 is 2.73 bits per heavy atom. The van der Waals surface area contributed by atoms with E-state index in [1.165, 1.54) is 6.42 Å². The smallest absolute Gasteiger partial charge is 0.230 e. The first kappa shape index (κ1) is 10.6. The number of hydrogen-bond acceptors (Lipinski definition) is 5. The quantitative estimate of drug-likeness (QED) is 0.788. The molecule has 15 heavy (non-hydrogen) atoms. The predicted molar refractivity (Wildman–Crippen MR) is 54.3 cm³/mol. The van der Waals surface area contributed by atoms with Crippen molar-refractivity contribution in [3.8, 4) is 0 Å². The summed E-state index contributed by atoms with van der Waals surface area (Å²) in [5, 5.41) is 11.0. The molecule has 1 aromatic rings. The van der Waals surface area contributed by atoms with E-state index in [9.17, 15) is 0 Å². The molecule has 0 aliphatic heterocycles. The fraction of sp³-hybridized carbons (Fsp3) is 0.800. The summed E-state index contributed by atoms with van der Waals surface area (Å²) >= 11 is 0. The maximum absolute atomic E-state index is 5.49. The van der Waals surface area contributed by atoms with E-state index in [4.69, 9.17) is 9.15 Å². The van der Waals surface area contributed by atoms with Crippen LogP contribution in [0.25, 0.3) is 0 Å². The molecular weight excluding hydrogens is 194 g/mol. The predicted octanol–water partition coefficient (Wildman–Crippen LogP) is 1.04. The lowest BCUT2D eigenvalue weighted by Gasteiger charge is -2.40. The average Bonchev–Trinajstić information content (AvgIpc) is 2.56. The molecule has 0 bridgehead atoms. The highest BCUT2D eigenvalue weighted by Gasteiger charge is 2.36. The molecule has 5 nitrogen and oxygen atoms in total. The van der Waals surface area contributed by atoms with Gasteiger partial charge in [-0.05, 0) is 19.3 Å². The highest BCUT2D eigenvalue weighted by molar-refractivity contribution is 4.92. The summed E-state index contributed by atoms with van der Waals surface area (Å²) in [6.45, 7) is 3.26. The molecule has 1 fully saturated rings. The van der Waals surface area contributed by atoms with Crippen LogP contribution in [-0.4, -0.2) is 29.5 Å². The van der Waals surface area contributed by atoms with E-state index in [1.807, 2.05) is 0 Å². The van der Waals surface area contributed by atoms with Crippen LogP contribution >= 0.6 is 0 Å². The molecule has 0 amide bonds. The fourth-order valence-electron chi connectivity index (χ4n) is 1.83. The number of nitrogens with zero attached hydrogens (tertiary/aromatic N) is 2. The molecule has 1 heterocycles. The molecule has 0 saturated heterocycles. The fourth-order valence-corrected chi connectivity index (χ4v) is 1.83. The standard InChI is InChI=1S/C10H17N3O2/c1-8-12-13-9(15-8)6-11-7-10(14-2)4-3-5-10/h11H,3-7H2,1-2H3. The molecule has 1 aliphatic rings. The van der Waals surface area contributed by atoms with Crippen LogP contribution in [0.2, 0.25) is 0 Å². The molecule has 0 atom stereocenters. The van der Waals surface area contributed by atoms with Gasteiger partial charge in [-0.25, -0.2) is 0 Å². The van der Waals surface area contributed by atoms with E-state index < -0.39 is 0 Å². The summed E-state index contributed by atoms with van der Waals surface area (Å²) in [5.74, 6) is 1.25. The zero-order valence-electron chi connectivity index (χ0n) is 9.25. The van der Waals surface area contributed by atoms with Crippen LogP contribution in [0.4, 0.5) is 0 Å². The van der Waals surface area contributed by atoms with Crippen LogP contribution in [-0.2, 0) is 11.3 Å². The molecule has 0 spiro atoms. The number of hydrogen-bond donors (Lipinski definition) is 1. The second kappa shape index (κ2) is 4.28. The van der Waals surface area contributed by atoms with Gasteiger partial charge in [0.15, 0.2) is 0 Å². The third-order valence-corrected chi connectivity index (χ3v) is 2.99. The van der Waals surface area contributed by atoms with Gasteiger partial charge in [0.05, 0.1) is 12.1 Å². The van der Waals surface area contributed by atoms with Crippen LogP contribution in [0.1, 0.15) is 31.0 Å². The topological polar surface area (TPSA) is 60.2 Å². The van der Waals surface area contributed by atoms with E-state index in [2.05, 4.69) is 15.5 Å². The van der Waals surface area contributed by atoms with Crippen LogP contribution in [0.15, 0.2) is 4.42 Å². The van der Waals surface area contributed by atoms with E-state index in [1.54, 1.807) is 14.0 Å². The van der Waals surface area contributed by atoms with Gasteiger partial charge in [-0.2, -0.15) is 0 Å². The lowest BCUT2D eigenvalue weighted by atomic mass is 9.80. The Labute approximate surface area is 89.2 Å². The molecule has 84 valence electrons. The molecule has 1 N–H and O–H groups in total. The molecular formula is C10H17N3O2. The van der Waals surface area contributed by atoms with E-state index in [0.29, 0.717) is 18.3 Å². The van der Waals surface area contributed by atoms with Crippen molar-refractivity contribution in [3.63, 3.8) is 0 Å². The van der Waals surface area contributed by atoms with Gasteiger partial charge in [-0.3, -0.25) is 0 Å². The first-order chi connectivity index (χ1) is 7.24. The van der Waals surface area contributed by atoms with Gasteiger partial charge in [0.25, 0.3) is 0 Å². The second-order valence-electron chi connectivity index (χ2n) is 4.06. The maximum Gasteiger partial charge on any atom is 0.230 e. The summed E-state index contributed by atoms with van der Waals surface area (Å²) in [6, 6.07) is 0. The molecule has 5 heteroatoms. The Kier molecular flexibility index (Phi) is 3.02. The number of aryl methyl sites for hydroxylation is 1. The highest BCUT2D eigenvalue weighted by atomic mass is 16.5. The van der Waals surface area contributed by atoms with Crippen molar-refractivity contribution in [1.82, 2.24) is 15.5 Å². The van der Waals surface area contributed by atoms with Crippen LogP contribution < -0.4 is 5.32 Å².